The first-order valence-electron chi connectivity index (χ1n) is 10.6. The number of likely N-dealkylation sites (N-methyl/N-ethyl adjacent to an activating group) is 1. The van der Waals surface area contributed by atoms with Gasteiger partial charge in [0.15, 0.2) is 5.96 Å². The number of rotatable bonds is 10. The molecule has 166 valence electrons. The van der Waals surface area contributed by atoms with Crippen molar-refractivity contribution in [2.45, 2.75) is 45.3 Å². The van der Waals surface area contributed by atoms with E-state index in [4.69, 9.17) is 14.5 Å². The summed E-state index contributed by atoms with van der Waals surface area (Å²) >= 11 is 0. The van der Waals surface area contributed by atoms with Crippen molar-refractivity contribution in [2.24, 2.45) is 4.99 Å². The molecular weight excluding hydrogens is 479 g/mol. The van der Waals surface area contributed by atoms with E-state index < -0.39 is 0 Å². The molecule has 6 nitrogen and oxygen atoms in total. The predicted molar refractivity (Wildman–Crippen MR) is 133 cm³/mol. The molecule has 1 aromatic carbocycles. The number of piperidine rings is 1. The summed E-state index contributed by atoms with van der Waals surface area (Å²) in [5.41, 5.74) is 1.22. The Bertz CT molecular complexity index is 565. The van der Waals surface area contributed by atoms with Crippen LogP contribution in [0.4, 0.5) is 5.69 Å². The number of nitrogens with zero attached hydrogens (tertiary/aromatic N) is 3. The Morgan fingerprint density at radius 1 is 1.24 bits per heavy atom. The number of hydrogen-bond donors (Lipinski definition) is 1. The third-order valence-corrected chi connectivity index (χ3v) is 5.25. The van der Waals surface area contributed by atoms with Crippen molar-refractivity contribution in [2.75, 3.05) is 58.5 Å². The van der Waals surface area contributed by atoms with Gasteiger partial charge in [0.05, 0.1) is 12.6 Å². The number of nitrogens with one attached hydrogen (secondary N) is 1. The van der Waals surface area contributed by atoms with Gasteiger partial charge in [-0.2, -0.15) is 0 Å². The summed E-state index contributed by atoms with van der Waals surface area (Å²) in [5.74, 6) is 1.02. The average molecular weight is 518 g/mol. The fourth-order valence-corrected chi connectivity index (χ4v) is 3.37. The van der Waals surface area contributed by atoms with Crippen LogP contribution < -0.4 is 10.2 Å². The molecule has 0 radical (unpaired) electrons. The van der Waals surface area contributed by atoms with Crippen LogP contribution in [0.3, 0.4) is 0 Å². The van der Waals surface area contributed by atoms with Gasteiger partial charge in [-0.3, -0.25) is 4.99 Å². The topological polar surface area (TPSA) is 49.3 Å². The molecule has 0 saturated carbocycles. The van der Waals surface area contributed by atoms with Gasteiger partial charge in [0.1, 0.15) is 0 Å². The molecule has 1 heterocycles. The van der Waals surface area contributed by atoms with Gasteiger partial charge in [0.2, 0.25) is 0 Å². The van der Waals surface area contributed by atoms with Crippen LogP contribution in [0, 0.1) is 0 Å². The number of ether oxygens (including phenoxy) is 2. The van der Waals surface area contributed by atoms with Crippen molar-refractivity contribution in [1.82, 2.24) is 10.2 Å². The smallest absolute Gasteiger partial charge is 0.193 e. The highest BCUT2D eigenvalue weighted by Gasteiger charge is 2.22. The summed E-state index contributed by atoms with van der Waals surface area (Å²) in [5, 5.41) is 3.46. The van der Waals surface area contributed by atoms with Crippen molar-refractivity contribution in [1.29, 1.82) is 0 Å². The number of methoxy groups -OCH3 is 1. The molecule has 0 aromatic heterocycles. The number of anilines is 1. The van der Waals surface area contributed by atoms with Gasteiger partial charge >= 0.3 is 0 Å². The molecule has 1 aromatic rings. The number of benzene rings is 1. The van der Waals surface area contributed by atoms with Crippen LogP contribution in [0.1, 0.15) is 33.1 Å². The molecule has 29 heavy (non-hydrogen) atoms. The summed E-state index contributed by atoms with van der Waals surface area (Å²) in [6.07, 6.45) is 3.43. The Hall–Kier alpha value is -1.06. The fraction of sp³-hybridized carbons (Fsp3) is 0.682. The molecule has 1 unspecified atom stereocenters. The summed E-state index contributed by atoms with van der Waals surface area (Å²) in [6.45, 7) is 9.53. The maximum Gasteiger partial charge on any atom is 0.193 e. The standard InChI is InChI=1S/C22H38N4O2.HI/c1-5-23-22(24-18-19(2)25(3)20-10-7-6-8-11-20)26-14-12-21(13-15-26)28-17-9-16-27-4;/h6-8,10-11,19,21H,5,9,12-18H2,1-4H3,(H,23,24);1H. The Labute approximate surface area is 194 Å². The minimum atomic E-state index is 0. The number of likely N-dealkylation sites (tertiary alicyclic amines) is 1. The highest BCUT2D eigenvalue weighted by Crippen LogP contribution is 2.16. The first-order chi connectivity index (χ1) is 13.7. The Kier molecular flexibility index (Phi) is 13.3. The Balaban J connectivity index is 0.00000420. The van der Waals surface area contributed by atoms with Crippen LogP contribution in [0.25, 0.3) is 0 Å². The van der Waals surface area contributed by atoms with E-state index in [0.29, 0.717) is 12.1 Å². The van der Waals surface area contributed by atoms with E-state index in [2.05, 4.69) is 60.3 Å². The highest BCUT2D eigenvalue weighted by atomic mass is 127. The number of aliphatic imine (C=N–C) groups is 1. The van der Waals surface area contributed by atoms with Crippen LogP contribution in [-0.4, -0.2) is 76.6 Å². The number of para-hydroxylation sites is 1. The maximum absolute atomic E-state index is 5.98. The van der Waals surface area contributed by atoms with Crippen molar-refractivity contribution in [3.8, 4) is 0 Å². The minimum Gasteiger partial charge on any atom is -0.385 e. The number of hydrogen-bond acceptors (Lipinski definition) is 4. The van der Waals surface area contributed by atoms with E-state index in [0.717, 1.165) is 64.6 Å². The molecular formula is C22H39IN4O2. The second-order valence-corrected chi connectivity index (χ2v) is 7.39. The zero-order chi connectivity index (χ0) is 20.2. The van der Waals surface area contributed by atoms with E-state index in [-0.39, 0.29) is 24.0 Å². The fourth-order valence-electron chi connectivity index (χ4n) is 3.37. The van der Waals surface area contributed by atoms with E-state index in [1.165, 1.54) is 5.69 Å². The normalized spacial score (nSPS) is 16.3. The highest BCUT2D eigenvalue weighted by molar-refractivity contribution is 14.0. The lowest BCUT2D eigenvalue weighted by molar-refractivity contribution is 0.00990. The van der Waals surface area contributed by atoms with Gasteiger partial charge in [-0.1, -0.05) is 18.2 Å². The van der Waals surface area contributed by atoms with E-state index in [1.54, 1.807) is 7.11 Å². The molecule has 1 atom stereocenters. The summed E-state index contributed by atoms with van der Waals surface area (Å²) < 4.78 is 11.1. The monoisotopic (exact) mass is 518 g/mol. The van der Waals surface area contributed by atoms with Crippen LogP contribution in [0.15, 0.2) is 35.3 Å². The first kappa shape index (κ1) is 26.0. The second-order valence-electron chi connectivity index (χ2n) is 7.39. The molecule has 7 heteroatoms. The molecule has 1 aliphatic heterocycles. The number of halogens is 1. The van der Waals surface area contributed by atoms with Gasteiger partial charge in [-0.05, 0) is 45.2 Å². The molecule has 0 aliphatic carbocycles. The third kappa shape index (κ3) is 9.09. The van der Waals surface area contributed by atoms with Gasteiger partial charge in [-0.25, -0.2) is 0 Å². The minimum absolute atomic E-state index is 0. The van der Waals surface area contributed by atoms with Crippen molar-refractivity contribution in [3.05, 3.63) is 30.3 Å². The molecule has 1 aliphatic rings. The quantitative estimate of drug-likeness (QED) is 0.222. The summed E-state index contributed by atoms with van der Waals surface area (Å²) in [7, 11) is 3.87. The largest absolute Gasteiger partial charge is 0.385 e. The lowest BCUT2D eigenvalue weighted by atomic mass is 10.1. The predicted octanol–water partition coefficient (Wildman–Crippen LogP) is 3.61. The number of guanidine groups is 1. The van der Waals surface area contributed by atoms with Crippen molar-refractivity contribution in [3.63, 3.8) is 0 Å². The SMILES string of the molecule is CCNC(=NCC(C)N(C)c1ccccc1)N1CCC(OCCCOC)CC1.I. The molecule has 0 amide bonds. The zero-order valence-corrected chi connectivity index (χ0v) is 20.8. The van der Waals surface area contributed by atoms with E-state index >= 15 is 0 Å². The van der Waals surface area contributed by atoms with Crippen LogP contribution in [0.5, 0.6) is 0 Å². The lowest BCUT2D eigenvalue weighted by Gasteiger charge is -2.34. The van der Waals surface area contributed by atoms with Crippen molar-refractivity contribution < 1.29 is 9.47 Å². The average Bonchev–Trinajstić information content (AvgIpc) is 2.74. The van der Waals surface area contributed by atoms with Gasteiger partial charge in [0.25, 0.3) is 0 Å². The second kappa shape index (κ2) is 14.8. The lowest BCUT2D eigenvalue weighted by Crippen LogP contribution is -2.47. The van der Waals surface area contributed by atoms with Crippen molar-refractivity contribution >= 4 is 35.6 Å². The van der Waals surface area contributed by atoms with E-state index in [9.17, 15) is 0 Å². The first-order valence-corrected chi connectivity index (χ1v) is 10.6. The maximum atomic E-state index is 5.98. The molecule has 0 spiro atoms. The van der Waals surface area contributed by atoms with Gasteiger partial charge < -0.3 is 24.6 Å². The van der Waals surface area contributed by atoms with E-state index in [1.807, 2.05) is 6.07 Å². The van der Waals surface area contributed by atoms with Gasteiger partial charge in [0, 0.05) is 58.7 Å². The molecule has 1 N–H and O–H groups in total. The molecule has 2 rings (SSSR count). The molecule has 0 bridgehead atoms. The zero-order valence-electron chi connectivity index (χ0n) is 18.5. The molecule has 1 fully saturated rings. The summed E-state index contributed by atoms with van der Waals surface area (Å²) in [6, 6.07) is 10.8. The van der Waals surface area contributed by atoms with Crippen LogP contribution >= 0.6 is 24.0 Å². The molecule has 1 saturated heterocycles. The van der Waals surface area contributed by atoms with Crippen LogP contribution in [-0.2, 0) is 9.47 Å². The Morgan fingerprint density at radius 3 is 2.55 bits per heavy atom. The van der Waals surface area contributed by atoms with Crippen LogP contribution in [0.2, 0.25) is 0 Å². The Morgan fingerprint density at radius 2 is 1.93 bits per heavy atom. The van der Waals surface area contributed by atoms with Gasteiger partial charge in [-0.15, -0.1) is 24.0 Å². The third-order valence-electron chi connectivity index (χ3n) is 5.25. The summed E-state index contributed by atoms with van der Waals surface area (Å²) in [4.78, 5) is 9.58.